The lowest BCUT2D eigenvalue weighted by Crippen LogP contribution is -2.29. The SMILES string of the molecule is C=C(COC(=O)CCC)C(=O)N(C)CC. The number of nitrogens with zero attached hydrogens (tertiary/aromatic N) is 1. The molecule has 0 saturated carbocycles. The summed E-state index contributed by atoms with van der Waals surface area (Å²) in [7, 11) is 1.68. The van der Waals surface area contributed by atoms with Crippen LogP contribution in [-0.4, -0.2) is 37.0 Å². The van der Waals surface area contributed by atoms with Crippen molar-refractivity contribution in [1.29, 1.82) is 0 Å². The largest absolute Gasteiger partial charge is 0.461 e. The molecule has 0 heterocycles. The van der Waals surface area contributed by atoms with E-state index in [2.05, 4.69) is 6.58 Å². The van der Waals surface area contributed by atoms with Crippen LogP contribution in [0.3, 0.4) is 0 Å². The topological polar surface area (TPSA) is 46.6 Å². The Hall–Kier alpha value is -1.32. The highest BCUT2D eigenvalue weighted by Crippen LogP contribution is 2.00. The lowest BCUT2D eigenvalue weighted by atomic mass is 10.3. The first-order valence-electron chi connectivity index (χ1n) is 5.11. The van der Waals surface area contributed by atoms with Crippen molar-refractivity contribution >= 4 is 11.9 Å². The first-order chi connectivity index (χ1) is 7.02. The minimum Gasteiger partial charge on any atom is -0.461 e. The Kier molecular flexibility index (Phi) is 6.42. The van der Waals surface area contributed by atoms with Crippen LogP contribution in [0.15, 0.2) is 12.2 Å². The van der Waals surface area contributed by atoms with E-state index in [9.17, 15) is 9.59 Å². The van der Waals surface area contributed by atoms with Crippen LogP contribution in [-0.2, 0) is 14.3 Å². The van der Waals surface area contributed by atoms with Crippen molar-refractivity contribution in [3.8, 4) is 0 Å². The van der Waals surface area contributed by atoms with Crippen LogP contribution >= 0.6 is 0 Å². The monoisotopic (exact) mass is 213 g/mol. The van der Waals surface area contributed by atoms with Gasteiger partial charge in [-0.3, -0.25) is 9.59 Å². The molecule has 86 valence electrons. The molecule has 15 heavy (non-hydrogen) atoms. The maximum Gasteiger partial charge on any atom is 0.306 e. The van der Waals surface area contributed by atoms with Crippen LogP contribution in [0.1, 0.15) is 26.7 Å². The molecule has 4 heteroatoms. The number of esters is 1. The standard InChI is InChI=1S/C11H19NO3/c1-5-7-10(13)15-8-9(3)11(14)12(4)6-2/h3,5-8H2,1-2,4H3. The van der Waals surface area contributed by atoms with E-state index in [0.29, 0.717) is 18.5 Å². The Morgan fingerprint density at radius 1 is 1.33 bits per heavy atom. The molecular weight excluding hydrogens is 194 g/mol. The average Bonchev–Trinajstić information content (AvgIpc) is 2.24. The van der Waals surface area contributed by atoms with Crippen LogP contribution in [0, 0.1) is 0 Å². The van der Waals surface area contributed by atoms with Gasteiger partial charge >= 0.3 is 5.97 Å². The number of carbonyl (C=O) groups excluding carboxylic acids is 2. The van der Waals surface area contributed by atoms with Gasteiger partial charge in [0.25, 0.3) is 5.91 Å². The van der Waals surface area contributed by atoms with Crippen LogP contribution in [0.25, 0.3) is 0 Å². The molecule has 0 fully saturated rings. The second-order valence-corrected chi connectivity index (χ2v) is 3.33. The highest BCUT2D eigenvalue weighted by atomic mass is 16.5. The second kappa shape index (κ2) is 7.04. The summed E-state index contributed by atoms with van der Waals surface area (Å²) in [5, 5.41) is 0. The van der Waals surface area contributed by atoms with E-state index in [1.54, 1.807) is 7.05 Å². The maximum atomic E-state index is 11.5. The minimum absolute atomic E-state index is 0.0119. The summed E-state index contributed by atoms with van der Waals surface area (Å²) in [4.78, 5) is 24.0. The van der Waals surface area contributed by atoms with Gasteiger partial charge in [-0.2, -0.15) is 0 Å². The summed E-state index contributed by atoms with van der Waals surface area (Å²) in [6.45, 7) is 7.95. The van der Waals surface area contributed by atoms with Crippen LogP contribution < -0.4 is 0 Å². The molecule has 0 radical (unpaired) electrons. The smallest absolute Gasteiger partial charge is 0.306 e. The number of hydrogen-bond acceptors (Lipinski definition) is 3. The molecule has 0 aliphatic rings. The fraction of sp³-hybridized carbons (Fsp3) is 0.636. The van der Waals surface area contributed by atoms with Crippen molar-refractivity contribution in [3.05, 3.63) is 12.2 Å². The Balaban J connectivity index is 3.93. The normalized spacial score (nSPS) is 9.53. The molecule has 0 aromatic heterocycles. The lowest BCUT2D eigenvalue weighted by molar-refractivity contribution is -0.143. The molecule has 0 spiro atoms. The molecule has 1 amide bonds. The van der Waals surface area contributed by atoms with Crippen LogP contribution in [0.4, 0.5) is 0 Å². The van der Waals surface area contributed by atoms with Gasteiger partial charge in [0.1, 0.15) is 6.61 Å². The van der Waals surface area contributed by atoms with Gasteiger partial charge in [0.15, 0.2) is 0 Å². The molecular formula is C11H19NO3. The Morgan fingerprint density at radius 2 is 1.93 bits per heavy atom. The second-order valence-electron chi connectivity index (χ2n) is 3.33. The van der Waals surface area contributed by atoms with Crippen molar-refractivity contribution in [1.82, 2.24) is 4.90 Å². The molecule has 0 atom stereocenters. The molecule has 0 unspecified atom stereocenters. The first kappa shape index (κ1) is 13.7. The van der Waals surface area contributed by atoms with Crippen LogP contribution in [0.2, 0.25) is 0 Å². The van der Waals surface area contributed by atoms with E-state index in [1.165, 1.54) is 4.90 Å². The molecule has 0 aromatic rings. The Bertz CT molecular complexity index is 248. The summed E-state index contributed by atoms with van der Waals surface area (Å²) < 4.78 is 4.87. The quantitative estimate of drug-likeness (QED) is 0.494. The summed E-state index contributed by atoms with van der Waals surface area (Å²) in [5.74, 6) is -0.465. The third kappa shape index (κ3) is 5.20. The number of likely N-dealkylation sites (N-methyl/N-ethyl adjacent to an activating group) is 1. The molecule has 0 rings (SSSR count). The predicted octanol–water partition coefficient (Wildman–Crippen LogP) is 1.36. The van der Waals surface area contributed by atoms with Gasteiger partial charge < -0.3 is 9.64 Å². The van der Waals surface area contributed by atoms with Crippen molar-refractivity contribution < 1.29 is 14.3 Å². The van der Waals surface area contributed by atoms with E-state index >= 15 is 0 Å². The van der Waals surface area contributed by atoms with Crippen molar-refractivity contribution in [3.63, 3.8) is 0 Å². The van der Waals surface area contributed by atoms with Crippen LogP contribution in [0.5, 0.6) is 0 Å². The lowest BCUT2D eigenvalue weighted by Gasteiger charge is -2.15. The molecule has 0 aromatic carbocycles. The summed E-state index contributed by atoms with van der Waals surface area (Å²) in [6.07, 6.45) is 1.12. The zero-order chi connectivity index (χ0) is 11.8. The van der Waals surface area contributed by atoms with Gasteiger partial charge in [-0.1, -0.05) is 13.5 Å². The molecule has 0 saturated heterocycles. The van der Waals surface area contributed by atoms with Crippen molar-refractivity contribution in [2.45, 2.75) is 26.7 Å². The third-order valence-electron chi connectivity index (χ3n) is 1.99. The minimum atomic E-state index is -0.286. The number of ether oxygens (including phenoxy) is 1. The molecule has 0 bridgehead atoms. The van der Waals surface area contributed by atoms with Gasteiger partial charge in [0, 0.05) is 25.6 Å². The Labute approximate surface area is 90.9 Å². The van der Waals surface area contributed by atoms with E-state index in [1.807, 2.05) is 13.8 Å². The number of hydrogen-bond donors (Lipinski definition) is 0. The Morgan fingerprint density at radius 3 is 2.40 bits per heavy atom. The first-order valence-corrected chi connectivity index (χ1v) is 5.11. The van der Waals surface area contributed by atoms with Gasteiger partial charge in [-0.05, 0) is 13.3 Å². The number of rotatable bonds is 6. The van der Waals surface area contributed by atoms with Gasteiger partial charge in [0.05, 0.1) is 0 Å². The van der Waals surface area contributed by atoms with Crippen molar-refractivity contribution in [2.75, 3.05) is 20.2 Å². The zero-order valence-electron chi connectivity index (χ0n) is 9.71. The summed E-state index contributed by atoms with van der Waals surface area (Å²) in [6, 6.07) is 0. The van der Waals surface area contributed by atoms with Gasteiger partial charge in [-0.25, -0.2) is 0 Å². The highest BCUT2D eigenvalue weighted by molar-refractivity contribution is 5.93. The maximum absolute atomic E-state index is 11.5. The van der Waals surface area contributed by atoms with Gasteiger partial charge in [0.2, 0.25) is 0 Å². The fourth-order valence-corrected chi connectivity index (χ4v) is 0.919. The molecule has 0 aliphatic carbocycles. The van der Waals surface area contributed by atoms with E-state index in [-0.39, 0.29) is 18.5 Å². The molecule has 0 N–H and O–H groups in total. The molecule has 4 nitrogen and oxygen atoms in total. The predicted molar refractivity (Wildman–Crippen MR) is 58.3 cm³/mol. The van der Waals surface area contributed by atoms with E-state index < -0.39 is 0 Å². The molecule has 0 aliphatic heterocycles. The fourth-order valence-electron chi connectivity index (χ4n) is 0.919. The highest BCUT2D eigenvalue weighted by Gasteiger charge is 2.12. The summed E-state index contributed by atoms with van der Waals surface area (Å²) in [5.41, 5.74) is 0.309. The number of amides is 1. The van der Waals surface area contributed by atoms with E-state index in [4.69, 9.17) is 4.74 Å². The van der Waals surface area contributed by atoms with Gasteiger partial charge in [-0.15, -0.1) is 0 Å². The van der Waals surface area contributed by atoms with Crippen molar-refractivity contribution in [2.24, 2.45) is 0 Å². The van der Waals surface area contributed by atoms with E-state index in [0.717, 1.165) is 6.42 Å². The summed E-state index contributed by atoms with van der Waals surface area (Å²) >= 11 is 0. The number of carbonyl (C=O) groups is 2. The average molecular weight is 213 g/mol. The zero-order valence-corrected chi connectivity index (χ0v) is 9.71. The third-order valence-corrected chi connectivity index (χ3v) is 1.99.